The summed E-state index contributed by atoms with van der Waals surface area (Å²) in [5.41, 5.74) is 1.62. The van der Waals surface area contributed by atoms with E-state index >= 15 is 0 Å². The van der Waals surface area contributed by atoms with E-state index in [0.717, 1.165) is 22.0 Å². The first kappa shape index (κ1) is 22.0. The molecule has 0 atom stereocenters. The van der Waals surface area contributed by atoms with E-state index in [1.54, 1.807) is 36.9 Å². The van der Waals surface area contributed by atoms with Crippen LogP contribution in [0.4, 0.5) is 0 Å². The topological polar surface area (TPSA) is 59.1 Å². The van der Waals surface area contributed by atoms with E-state index in [0.29, 0.717) is 43.9 Å². The molecule has 0 bridgehead atoms. The van der Waals surface area contributed by atoms with Gasteiger partial charge in [0.1, 0.15) is 11.5 Å². The van der Waals surface area contributed by atoms with Crippen LogP contribution in [0.3, 0.4) is 0 Å². The Kier molecular flexibility index (Phi) is 7.63. The Morgan fingerprint density at radius 3 is 2.23 bits per heavy atom. The number of amides is 2. The molecule has 7 heteroatoms. The molecule has 1 fully saturated rings. The van der Waals surface area contributed by atoms with Crippen LogP contribution in [-0.4, -0.2) is 67.8 Å². The van der Waals surface area contributed by atoms with Crippen LogP contribution in [0.5, 0.6) is 11.5 Å². The first-order valence-corrected chi connectivity index (χ1v) is 11.0. The average Bonchev–Trinajstić information content (AvgIpc) is 2.79. The van der Waals surface area contributed by atoms with Gasteiger partial charge >= 0.3 is 0 Å². The molecular formula is C23H28N2O4S. The predicted molar refractivity (Wildman–Crippen MR) is 119 cm³/mol. The number of hydrogen-bond donors (Lipinski definition) is 0. The second kappa shape index (κ2) is 10.4. The Balaban J connectivity index is 1.45. The SMILES string of the molecule is COc1ccc(SCCC(=O)N2CCN(C(=O)c3ccc(C)c(OC)c3)CC2)cc1. The van der Waals surface area contributed by atoms with Crippen molar-refractivity contribution in [3.05, 3.63) is 53.6 Å². The van der Waals surface area contributed by atoms with Crippen molar-refractivity contribution >= 4 is 23.6 Å². The number of benzene rings is 2. The molecular weight excluding hydrogens is 400 g/mol. The second-order valence-electron chi connectivity index (χ2n) is 7.13. The molecule has 0 spiro atoms. The van der Waals surface area contributed by atoms with E-state index in [1.807, 2.05) is 48.2 Å². The van der Waals surface area contributed by atoms with Gasteiger partial charge in [0, 0.05) is 48.8 Å². The summed E-state index contributed by atoms with van der Waals surface area (Å²) in [4.78, 5) is 30.1. The maximum absolute atomic E-state index is 12.8. The summed E-state index contributed by atoms with van der Waals surface area (Å²) >= 11 is 1.66. The van der Waals surface area contributed by atoms with Gasteiger partial charge in [0.25, 0.3) is 5.91 Å². The molecule has 2 amide bonds. The van der Waals surface area contributed by atoms with Crippen molar-refractivity contribution < 1.29 is 19.1 Å². The molecule has 2 aromatic rings. The number of piperazine rings is 1. The minimum absolute atomic E-state index is 0.0181. The van der Waals surface area contributed by atoms with Gasteiger partial charge in [-0.15, -0.1) is 11.8 Å². The summed E-state index contributed by atoms with van der Waals surface area (Å²) in [6.07, 6.45) is 0.486. The fourth-order valence-electron chi connectivity index (χ4n) is 3.38. The zero-order chi connectivity index (χ0) is 21.5. The highest BCUT2D eigenvalue weighted by molar-refractivity contribution is 7.99. The molecule has 6 nitrogen and oxygen atoms in total. The van der Waals surface area contributed by atoms with E-state index in [4.69, 9.17) is 9.47 Å². The fourth-order valence-corrected chi connectivity index (χ4v) is 4.22. The van der Waals surface area contributed by atoms with Gasteiger partial charge in [-0.3, -0.25) is 9.59 Å². The number of aryl methyl sites for hydroxylation is 1. The van der Waals surface area contributed by atoms with Gasteiger partial charge in [0.15, 0.2) is 0 Å². The number of nitrogens with zero attached hydrogens (tertiary/aromatic N) is 2. The van der Waals surface area contributed by atoms with Crippen molar-refractivity contribution in [1.29, 1.82) is 0 Å². The lowest BCUT2D eigenvalue weighted by Gasteiger charge is -2.35. The molecule has 0 radical (unpaired) electrons. The first-order chi connectivity index (χ1) is 14.5. The van der Waals surface area contributed by atoms with Gasteiger partial charge < -0.3 is 19.3 Å². The molecule has 1 heterocycles. The minimum atomic E-state index is -0.0181. The monoisotopic (exact) mass is 428 g/mol. The number of hydrogen-bond acceptors (Lipinski definition) is 5. The third-order valence-electron chi connectivity index (χ3n) is 5.22. The molecule has 0 aliphatic carbocycles. The van der Waals surface area contributed by atoms with Crippen LogP contribution in [0.1, 0.15) is 22.3 Å². The smallest absolute Gasteiger partial charge is 0.254 e. The number of carbonyl (C=O) groups excluding carboxylic acids is 2. The highest BCUT2D eigenvalue weighted by atomic mass is 32.2. The quantitative estimate of drug-likeness (QED) is 0.632. The molecule has 0 unspecified atom stereocenters. The van der Waals surface area contributed by atoms with Gasteiger partial charge in [0.05, 0.1) is 14.2 Å². The van der Waals surface area contributed by atoms with Crippen LogP contribution in [0.15, 0.2) is 47.4 Å². The number of carbonyl (C=O) groups is 2. The van der Waals surface area contributed by atoms with Crippen LogP contribution >= 0.6 is 11.8 Å². The molecule has 2 aromatic carbocycles. The van der Waals surface area contributed by atoms with E-state index in [2.05, 4.69) is 0 Å². The third kappa shape index (κ3) is 5.48. The number of ether oxygens (including phenoxy) is 2. The lowest BCUT2D eigenvalue weighted by molar-refractivity contribution is -0.132. The van der Waals surface area contributed by atoms with Crippen molar-refractivity contribution in [1.82, 2.24) is 9.80 Å². The summed E-state index contributed by atoms with van der Waals surface area (Å²) < 4.78 is 10.5. The Bertz CT molecular complexity index is 877. The lowest BCUT2D eigenvalue weighted by Crippen LogP contribution is -2.50. The summed E-state index contributed by atoms with van der Waals surface area (Å²) in [6, 6.07) is 13.3. The van der Waals surface area contributed by atoms with Crippen molar-refractivity contribution in [2.75, 3.05) is 46.2 Å². The molecule has 3 rings (SSSR count). The van der Waals surface area contributed by atoms with E-state index in [-0.39, 0.29) is 11.8 Å². The molecule has 160 valence electrons. The summed E-state index contributed by atoms with van der Waals surface area (Å²) in [7, 11) is 3.25. The largest absolute Gasteiger partial charge is 0.497 e. The van der Waals surface area contributed by atoms with Crippen molar-refractivity contribution in [3.63, 3.8) is 0 Å². The van der Waals surface area contributed by atoms with Gasteiger partial charge in [-0.05, 0) is 48.9 Å². The number of thioether (sulfide) groups is 1. The fraction of sp³-hybridized carbons (Fsp3) is 0.391. The van der Waals surface area contributed by atoms with Crippen LogP contribution in [0, 0.1) is 6.92 Å². The van der Waals surface area contributed by atoms with Gasteiger partial charge in [-0.1, -0.05) is 6.07 Å². The first-order valence-electron chi connectivity index (χ1n) is 10.0. The number of methoxy groups -OCH3 is 2. The third-order valence-corrected chi connectivity index (χ3v) is 6.23. The van der Waals surface area contributed by atoms with Gasteiger partial charge in [-0.2, -0.15) is 0 Å². The van der Waals surface area contributed by atoms with Crippen LogP contribution in [0.25, 0.3) is 0 Å². The molecule has 1 saturated heterocycles. The number of rotatable bonds is 7. The lowest BCUT2D eigenvalue weighted by atomic mass is 10.1. The normalized spacial score (nSPS) is 13.8. The van der Waals surface area contributed by atoms with Crippen molar-refractivity contribution in [2.45, 2.75) is 18.2 Å². The molecule has 1 aliphatic heterocycles. The molecule has 30 heavy (non-hydrogen) atoms. The molecule has 0 saturated carbocycles. The highest BCUT2D eigenvalue weighted by Gasteiger charge is 2.25. The van der Waals surface area contributed by atoms with Gasteiger partial charge in [-0.25, -0.2) is 0 Å². The predicted octanol–water partition coefficient (Wildman–Crippen LogP) is 3.48. The molecule has 0 N–H and O–H groups in total. The Morgan fingerprint density at radius 2 is 1.60 bits per heavy atom. The van der Waals surface area contributed by atoms with Crippen LogP contribution in [-0.2, 0) is 4.79 Å². The Hall–Kier alpha value is -2.67. The van der Waals surface area contributed by atoms with Crippen molar-refractivity contribution in [3.8, 4) is 11.5 Å². The van der Waals surface area contributed by atoms with Crippen LogP contribution in [0.2, 0.25) is 0 Å². The zero-order valence-electron chi connectivity index (χ0n) is 17.7. The molecule has 0 aromatic heterocycles. The standard InChI is InChI=1S/C23H28N2O4S/c1-17-4-5-18(16-21(17)29-3)23(27)25-13-11-24(12-14-25)22(26)10-15-30-20-8-6-19(28-2)7-9-20/h4-9,16H,10-15H2,1-3H3. The maximum Gasteiger partial charge on any atom is 0.254 e. The minimum Gasteiger partial charge on any atom is -0.497 e. The molecule has 1 aliphatic rings. The second-order valence-corrected chi connectivity index (χ2v) is 8.30. The average molecular weight is 429 g/mol. The maximum atomic E-state index is 12.8. The summed E-state index contributed by atoms with van der Waals surface area (Å²) in [5, 5.41) is 0. The summed E-state index contributed by atoms with van der Waals surface area (Å²) in [6.45, 7) is 4.19. The van der Waals surface area contributed by atoms with E-state index in [9.17, 15) is 9.59 Å². The zero-order valence-corrected chi connectivity index (χ0v) is 18.5. The van der Waals surface area contributed by atoms with Gasteiger partial charge in [0.2, 0.25) is 5.91 Å². The Morgan fingerprint density at radius 1 is 0.933 bits per heavy atom. The van der Waals surface area contributed by atoms with Crippen molar-refractivity contribution in [2.24, 2.45) is 0 Å². The van der Waals surface area contributed by atoms with Crippen LogP contribution < -0.4 is 9.47 Å². The Labute approximate surface area is 182 Å². The summed E-state index contributed by atoms with van der Waals surface area (Å²) in [5.74, 6) is 2.39. The van der Waals surface area contributed by atoms with E-state index in [1.165, 1.54) is 0 Å². The van der Waals surface area contributed by atoms with E-state index < -0.39 is 0 Å². The highest BCUT2D eigenvalue weighted by Crippen LogP contribution is 2.23.